The molecule has 1 aliphatic heterocycles. The molecule has 136 valence electrons. The van der Waals surface area contributed by atoms with E-state index in [0.29, 0.717) is 6.54 Å². The Kier molecular flexibility index (Phi) is 10.2. The third-order valence-electron chi connectivity index (χ3n) is 4.14. The van der Waals surface area contributed by atoms with Crippen molar-refractivity contribution in [3.8, 4) is 0 Å². The Hall–Kier alpha value is -0.890. The van der Waals surface area contributed by atoms with Crippen molar-refractivity contribution in [2.75, 3.05) is 32.7 Å². The van der Waals surface area contributed by atoms with E-state index in [1.165, 1.54) is 38.1 Å². The second kappa shape index (κ2) is 11.6. The van der Waals surface area contributed by atoms with Crippen LogP contribution in [0.1, 0.15) is 32.3 Å². The number of nitrogens with one attached hydrogen (secondary N) is 2. The van der Waals surface area contributed by atoms with Crippen molar-refractivity contribution in [2.45, 2.75) is 33.2 Å². The van der Waals surface area contributed by atoms with E-state index in [9.17, 15) is 4.39 Å². The first-order valence-corrected chi connectivity index (χ1v) is 8.66. The molecule has 1 unspecified atom stereocenters. The van der Waals surface area contributed by atoms with Crippen LogP contribution in [-0.2, 0) is 6.54 Å². The van der Waals surface area contributed by atoms with Gasteiger partial charge in [-0.3, -0.25) is 0 Å². The minimum absolute atomic E-state index is 0. The van der Waals surface area contributed by atoms with Crippen molar-refractivity contribution in [1.29, 1.82) is 0 Å². The number of nitrogens with zero attached hydrogens (tertiary/aromatic N) is 2. The lowest BCUT2D eigenvalue weighted by Gasteiger charge is -2.30. The van der Waals surface area contributed by atoms with Gasteiger partial charge >= 0.3 is 0 Å². The summed E-state index contributed by atoms with van der Waals surface area (Å²) in [4.78, 5) is 7.08. The lowest BCUT2D eigenvalue weighted by atomic mass is 10.0. The fourth-order valence-electron chi connectivity index (χ4n) is 2.92. The normalized spacial score (nSPS) is 18.8. The molecule has 2 N–H and O–H groups in total. The first kappa shape index (κ1) is 21.2. The van der Waals surface area contributed by atoms with Crippen molar-refractivity contribution >= 4 is 29.9 Å². The molecule has 2 rings (SSSR count). The predicted octanol–water partition coefficient (Wildman–Crippen LogP) is 3.23. The van der Waals surface area contributed by atoms with E-state index in [4.69, 9.17) is 0 Å². The van der Waals surface area contributed by atoms with Gasteiger partial charge in [-0.1, -0.05) is 19.1 Å². The van der Waals surface area contributed by atoms with Gasteiger partial charge in [0.25, 0.3) is 0 Å². The molecule has 1 atom stereocenters. The van der Waals surface area contributed by atoms with Crippen LogP contribution in [0.15, 0.2) is 29.3 Å². The second-order valence-electron chi connectivity index (χ2n) is 6.30. The van der Waals surface area contributed by atoms with Crippen molar-refractivity contribution in [2.24, 2.45) is 10.9 Å². The van der Waals surface area contributed by atoms with Crippen molar-refractivity contribution in [3.63, 3.8) is 0 Å². The SMILES string of the molecule is CCNC(=NCc1ccc(F)cc1)NCCN1CCCC(C)C1.I. The molecule has 0 bridgehead atoms. The van der Waals surface area contributed by atoms with Crippen LogP contribution >= 0.6 is 24.0 Å². The minimum Gasteiger partial charge on any atom is -0.357 e. The van der Waals surface area contributed by atoms with Crippen LogP contribution in [0.4, 0.5) is 4.39 Å². The van der Waals surface area contributed by atoms with Crippen molar-refractivity contribution in [1.82, 2.24) is 15.5 Å². The van der Waals surface area contributed by atoms with Crippen LogP contribution in [-0.4, -0.2) is 43.6 Å². The predicted molar refractivity (Wildman–Crippen MR) is 109 cm³/mol. The molecular formula is C18H30FIN4. The van der Waals surface area contributed by atoms with Gasteiger partial charge in [-0.15, -0.1) is 24.0 Å². The Balaban J connectivity index is 0.00000288. The quantitative estimate of drug-likeness (QED) is 0.399. The maximum Gasteiger partial charge on any atom is 0.191 e. The van der Waals surface area contributed by atoms with Crippen LogP contribution in [0.2, 0.25) is 0 Å². The summed E-state index contributed by atoms with van der Waals surface area (Å²) >= 11 is 0. The van der Waals surface area contributed by atoms with E-state index in [-0.39, 0.29) is 29.8 Å². The number of halogens is 2. The standard InChI is InChI=1S/C18H29FN4.HI/c1-3-20-18(22-13-16-6-8-17(19)9-7-16)21-10-12-23-11-4-5-15(2)14-23;/h6-9,15H,3-5,10-14H2,1-2H3,(H2,20,21,22);1H. The first-order chi connectivity index (χ1) is 11.2. The van der Waals surface area contributed by atoms with Crippen LogP contribution < -0.4 is 10.6 Å². The van der Waals surface area contributed by atoms with Gasteiger partial charge in [0.1, 0.15) is 5.82 Å². The summed E-state index contributed by atoms with van der Waals surface area (Å²) in [6, 6.07) is 6.50. The Morgan fingerprint density at radius 2 is 2.04 bits per heavy atom. The maximum absolute atomic E-state index is 12.9. The Morgan fingerprint density at radius 3 is 2.71 bits per heavy atom. The summed E-state index contributed by atoms with van der Waals surface area (Å²) in [5, 5.41) is 6.64. The van der Waals surface area contributed by atoms with Crippen molar-refractivity contribution < 1.29 is 4.39 Å². The van der Waals surface area contributed by atoms with Crippen LogP contribution in [0, 0.1) is 11.7 Å². The molecule has 0 radical (unpaired) electrons. The highest BCUT2D eigenvalue weighted by Gasteiger charge is 2.15. The fourth-order valence-corrected chi connectivity index (χ4v) is 2.92. The molecule has 0 saturated carbocycles. The lowest BCUT2D eigenvalue weighted by molar-refractivity contribution is 0.187. The number of guanidine groups is 1. The molecule has 1 aromatic carbocycles. The number of rotatable bonds is 6. The van der Waals surface area contributed by atoms with Gasteiger partial charge in [0.15, 0.2) is 5.96 Å². The van der Waals surface area contributed by atoms with Crippen LogP contribution in [0.25, 0.3) is 0 Å². The Bertz CT molecular complexity index is 492. The smallest absolute Gasteiger partial charge is 0.191 e. The molecule has 0 aromatic heterocycles. The molecule has 1 aliphatic rings. The second-order valence-corrected chi connectivity index (χ2v) is 6.30. The lowest BCUT2D eigenvalue weighted by Crippen LogP contribution is -2.43. The third-order valence-corrected chi connectivity index (χ3v) is 4.14. The average Bonchev–Trinajstić information content (AvgIpc) is 2.54. The van der Waals surface area contributed by atoms with Crippen LogP contribution in [0.3, 0.4) is 0 Å². The zero-order chi connectivity index (χ0) is 16.5. The highest BCUT2D eigenvalue weighted by Crippen LogP contribution is 2.14. The number of likely N-dealkylation sites (tertiary alicyclic amines) is 1. The van der Waals surface area contributed by atoms with Gasteiger partial charge in [-0.2, -0.15) is 0 Å². The number of aliphatic imine (C=N–C) groups is 1. The van der Waals surface area contributed by atoms with Gasteiger partial charge < -0.3 is 15.5 Å². The summed E-state index contributed by atoms with van der Waals surface area (Å²) in [5.41, 5.74) is 1.01. The number of hydrogen-bond donors (Lipinski definition) is 2. The summed E-state index contributed by atoms with van der Waals surface area (Å²) in [6.45, 7) is 10.1. The molecule has 1 aromatic rings. The van der Waals surface area contributed by atoms with Gasteiger partial charge in [-0.05, 0) is 49.9 Å². The molecule has 6 heteroatoms. The molecule has 1 fully saturated rings. The molecule has 0 amide bonds. The molecule has 1 saturated heterocycles. The van der Waals surface area contributed by atoms with Crippen molar-refractivity contribution in [3.05, 3.63) is 35.6 Å². The molecule has 1 heterocycles. The van der Waals surface area contributed by atoms with E-state index in [2.05, 4.69) is 34.4 Å². The maximum atomic E-state index is 12.9. The van der Waals surface area contributed by atoms with Gasteiger partial charge in [0, 0.05) is 26.2 Å². The molecule has 0 spiro atoms. The highest BCUT2D eigenvalue weighted by molar-refractivity contribution is 14.0. The first-order valence-electron chi connectivity index (χ1n) is 8.66. The average molecular weight is 448 g/mol. The van der Waals surface area contributed by atoms with Gasteiger partial charge in [0.2, 0.25) is 0 Å². The summed E-state index contributed by atoms with van der Waals surface area (Å²) in [5.74, 6) is 1.42. The largest absolute Gasteiger partial charge is 0.357 e. The molecule has 24 heavy (non-hydrogen) atoms. The van der Waals surface area contributed by atoms with Gasteiger partial charge in [0.05, 0.1) is 6.54 Å². The molecule has 4 nitrogen and oxygen atoms in total. The zero-order valence-electron chi connectivity index (χ0n) is 14.7. The molecule has 0 aliphatic carbocycles. The van der Waals surface area contributed by atoms with Gasteiger partial charge in [-0.25, -0.2) is 9.38 Å². The fraction of sp³-hybridized carbons (Fsp3) is 0.611. The third kappa shape index (κ3) is 7.79. The molecular weight excluding hydrogens is 418 g/mol. The van der Waals surface area contributed by atoms with E-state index < -0.39 is 0 Å². The van der Waals surface area contributed by atoms with E-state index >= 15 is 0 Å². The highest BCUT2D eigenvalue weighted by atomic mass is 127. The van der Waals surface area contributed by atoms with E-state index in [1.54, 1.807) is 12.1 Å². The Morgan fingerprint density at radius 1 is 1.29 bits per heavy atom. The number of hydrogen-bond acceptors (Lipinski definition) is 2. The topological polar surface area (TPSA) is 39.7 Å². The monoisotopic (exact) mass is 448 g/mol. The minimum atomic E-state index is -0.210. The number of piperidine rings is 1. The van der Waals surface area contributed by atoms with E-state index in [0.717, 1.165) is 37.1 Å². The summed E-state index contributed by atoms with van der Waals surface area (Å²) in [7, 11) is 0. The summed E-state index contributed by atoms with van der Waals surface area (Å²) < 4.78 is 12.9. The van der Waals surface area contributed by atoms with Crippen LogP contribution in [0.5, 0.6) is 0 Å². The van der Waals surface area contributed by atoms with E-state index in [1.807, 2.05) is 0 Å². The summed E-state index contributed by atoms with van der Waals surface area (Å²) in [6.07, 6.45) is 2.66. The zero-order valence-corrected chi connectivity index (χ0v) is 17.1. The number of benzene rings is 1. The Labute approximate surface area is 162 Å².